The Morgan fingerprint density at radius 1 is 1.03 bits per heavy atom. The quantitative estimate of drug-likeness (QED) is 0.406. The molecule has 6 rings (SSSR count). The molecule has 1 aliphatic rings. The zero-order chi connectivity index (χ0) is 22.4. The summed E-state index contributed by atoms with van der Waals surface area (Å²) in [5.74, 6) is 1.74. The van der Waals surface area contributed by atoms with E-state index in [2.05, 4.69) is 20.0 Å². The lowest BCUT2D eigenvalue weighted by Crippen LogP contribution is -2.39. The van der Waals surface area contributed by atoms with Gasteiger partial charge in [-0.05, 0) is 31.2 Å². The Morgan fingerprint density at radius 2 is 1.85 bits per heavy atom. The van der Waals surface area contributed by atoms with Crippen LogP contribution in [0, 0.1) is 6.92 Å². The van der Waals surface area contributed by atoms with Crippen molar-refractivity contribution in [3.63, 3.8) is 0 Å². The number of aryl methyl sites for hydroxylation is 1. The molecule has 1 fully saturated rings. The van der Waals surface area contributed by atoms with E-state index in [1.165, 1.54) is 0 Å². The number of hydrogen-bond acceptors (Lipinski definition) is 8. The molecule has 0 N–H and O–H groups in total. The molecule has 10 nitrogen and oxygen atoms in total. The van der Waals surface area contributed by atoms with Gasteiger partial charge in [-0.15, -0.1) is 0 Å². The molecule has 1 aliphatic heterocycles. The number of imidazole rings is 1. The topological polar surface area (TPSA) is 104 Å². The third-order valence-electron chi connectivity index (χ3n) is 5.98. The number of nitrogens with zero attached hydrogens (tertiary/aromatic N) is 6. The molecule has 1 aromatic carbocycles. The van der Waals surface area contributed by atoms with Gasteiger partial charge in [0.15, 0.2) is 11.5 Å². The normalized spacial score (nSPS) is 15.1. The molecule has 4 aromatic heterocycles. The molecule has 5 heterocycles. The first-order chi connectivity index (χ1) is 16.2. The van der Waals surface area contributed by atoms with Crippen molar-refractivity contribution in [2.24, 2.45) is 0 Å². The van der Waals surface area contributed by atoms with Crippen LogP contribution in [0.2, 0.25) is 0 Å². The van der Waals surface area contributed by atoms with E-state index in [1.807, 2.05) is 37.3 Å². The molecular weight excluding hydrogens is 424 g/mol. The van der Waals surface area contributed by atoms with Crippen molar-refractivity contribution in [1.29, 1.82) is 0 Å². The van der Waals surface area contributed by atoms with Crippen molar-refractivity contribution in [3.05, 3.63) is 58.8 Å². The van der Waals surface area contributed by atoms with Gasteiger partial charge < -0.3 is 18.2 Å². The fourth-order valence-corrected chi connectivity index (χ4v) is 4.29. The van der Waals surface area contributed by atoms with Gasteiger partial charge in [0, 0.05) is 26.2 Å². The third kappa shape index (κ3) is 3.43. The predicted octanol–water partition coefficient (Wildman–Crippen LogP) is 2.60. The number of morpholine rings is 1. The average Bonchev–Trinajstić information content (AvgIpc) is 3.59. The first kappa shape index (κ1) is 19.9. The van der Waals surface area contributed by atoms with E-state index in [1.54, 1.807) is 21.4 Å². The lowest BCUT2D eigenvalue weighted by molar-refractivity contribution is 0.0364. The fourth-order valence-electron chi connectivity index (χ4n) is 4.29. The maximum Gasteiger partial charge on any atom is 0.279 e. The van der Waals surface area contributed by atoms with Gasteiger partial charge in [-0.25, -0.2) is 4.98 Å². The molecule has 0 atom stereocenters. The van der Waals surface area contributed by atoms with E-state index in [-0.39, 0.29) is 11.4 Å². The maximum atomic E-state index is 13.7. The van der Waals surface area contributed by atoms with E-state index in [4.69, 9.17) is 13.7 Å². The number of rotatable bonds is 5. The highest BCUT2D eigenvalue weighted by Crippen LogP contribution is 2.26. The minimum absolute atomic E-state index is 0.150. The lowest BCUT2D eigenvalue weighted by Gasteiger charge is -2.27. The Kier molecular flexibility index (Phi) is 4.81. The van der Waals surface area contributed by atoms with Gasteiger partial charge in [0.05, 0.1) is 24.2 Å². The van der Waals surface area contributed by atoms with Gasteiger partial charge in [-0.3, -0.25) is 14.1 Å². The van der Waals surface area contributed by atoms with Crippen molar-refractivity contribution >= 4 is 16.6 Å². The first-order valence-electron chi connectivity index (χ1n) is 10.9. The summed E-state index contributed by atoms with van der Waals surface area (Å²) in [6.45, 7) is 6.33. The molecule has 10 heteroatoms. The molecule has 0 unspecified atom stereocenters. The van der Waals surface area contributed by atoms with E-state index in [9.17, 15) is 4.79 Å². The van der Waals surface area contributed by atoms with Crippen LogP contribution in [0.15, 0.2) is 56.5 Å². The van der Waals surface area contributed by atoms with Crippen LogP contribution >= 0.6 is 0 Å². The molecule has 0 spiro atoms. The number of aromatic nitrogens is 5. The Hall–Kier alpha value is -3.76. The third-order valence-corrected chi connectivity index (χ3v) is 5.98. The number of hydrogen-bond donors (Lipinski definition) is 0. The van der Waals surface area contributed by atoms with Crippen molar-refractivity contribution in [2.45, 2.75) is 13.5 Å². The lowest BCUT2D eigenvalue weighted by atomic mass is 10.2. The molecule has 0 amide bonds. The zero-order valence-corrected chi connectivity index (χ0v) is 18.1. The van der Waals surface area contributed by atoms with E-state index < -0.39 is 0 Å². The predicted molar refractivity (Wildman–Crippen MR) is 120 cm³/mol. The second kappa shape index (κ2) is 7.98. The van der Waals surface area contributed by atoms with Crippen LogP contribution < -0.4 is 5.56 Å². The minimum atomic E-state index is -0.150. The van der Waals surface area contributed by atoms with Crippen molar-refractivity contribution in [3.8, 4) is 23.2 Å². The smallest absolute Gasteiger partial charge is 0.279 e. The standard InChI is InChI=1S/C23H22N6O4/c1-15-6-7-18(32-15)21-25-22(33-26-21)19-20-23(30)28(9-8-27-10-12-31-13-11-27)16-4-2-3-5-17(16)29(20)14-24-19/h2-7,14H,8-13H2,1H3. The SMILES string of the molecule is Cc1ccc(-c2noc(-c3ncn4c3c(=O)n(CCN3CCOCC3)c3ccccc34)n2)o1. The largest absolute Gasteiger partial charge is 0.458 e. The molecular formula is C23H22N6O4. The van der Waals surface area contributed by atoms with Crippen LogP contribution in [0.3, 0.4) is 0 Å². The summed E-state index contributed by atoms with van der Waals surface area (Å²) in [6, 6.07) is 11.4. The van der Waals surface area contributed by atoms with Crippen LogP contribution in [-0.2, 0) is 11.3 Å². The van der Waals surface area contributed by atoms with Crippen LogP contribution in [0.4, 0.5) is 0 Å². The first-order valence-corrected chi connectivity index (χ1v) is 10.9. The highest BCUT2D eigenvalue weighted by molar-refractivity contribution is 5.83. The Balaban J connectivity index is 1.46. The van der Waals surface area contributed by atoms with Gasteiger partial charge >= 0.3 is 0 Å². The minimum Gasteiger partial charge on any atom is -0.458 e. The molecule has 0 bridgehead atoms. The van der Waals surface area contributed by atoms with Crippen molar-refractivity contribution < 1.29 is 13.7 Å². The molecule has 0 radical (unpaired) electrons. The van der Waals surface area contributed by atoms with E-state index in [0.717, 1.165) is 49.6 Å². The molecule has 5 aromatic rings. The van der Waals surface area contributed by atoms with E-state index >= 15 is 0 Å². The highest BCUT2D eigenvalue weighted by Gasteiger charge is 2.22. The Morgan fingerprint density at radius 3 is 2.64 bits per heavy atom. The molecule has 33 heavy (non-hydrogen) atoms. The average molecular weight is 446 g/mol. The number of para-hydroxylation sites is 2. The Labute approximate surface area is 188 Å². The summed E-state index contributed by atoms with van der Waals surface area (Å²) in [7, 11) is 0. The molecule has 0 aliphatic carbocycles. The summed E-state index contributed by atoms with van der Waals surface area (Å²) in [6.07, 6.45) is 1.63. The number of furan rings is 1. The van der Waals surface area contributed by atoms with Gasteiger partial charge in [0.2, 0.25) is 5.82 Å². The van der Waals surface area contributed by atoms with E-state index in [0.29, 0.717) is 29.3 Å². The van der Waals surface area contributed by atoms with Crippen molar-refractivity contribution in [1.82, 2.24) is 29.0 Å². The number of ether oxygens (including phenoxy) is 1. The Bertz CT molecular complexity index is 1500. The van der Waals surface area contributed by atoms with Crippen LogP contribution in [0.5, 0.6) is 0 Å². The molecule has 0 saturated carbocycles. The summed E-state index contributed by atoms with van der Waals surface area (Å²) in [5.41, 5.74) is 2.34. The van der Waals surface area contributed by atoms with Gasteiger partial charge in [-0.2, -0.15) is 4.98 Å². The van der Waals surface area contributed by atoms with Crippen molar-refractivity contribution in [2.75, 3.05) is 32.8 Å². The second-order valence-electron chi connectivity index (χ2n) is 8.04. The van der Waals surface area contributed by atoms with Gasteiger partial charge in [0.25, 0.3) is 11.4 Å². The fraction of sp³-hybridized carbons (Fsp3) is 0.304. The summed E-state index contributed by atoms with van der Waals surface area (Å²) >= 11 is 0. The maximum absolute atomic E-state index is 13.7. The van der Waals surface area contributed by atoms with Gasteiger partial charge in [0.1, 0.15) is 17.6 Å². The summed E-state index contributed by atoms with van der Waals surface area (Å²) in [5, 5.41) is 4.02. The van der Waals surface area contributed by atoms with Gasteiger partial charge in [-0.1, -0.05) is 17.3 Å². The molecule has 1 saturated heterocycles. The molecule has 168 valence electrons. The monoisotopic (exact) mass is 446 g/mol. The van der Waals surface area contributed by atoms with Crippen LogP contribution in [-0.4, -0.2) is 61.8 Å². The van der Waals surface area contributed by atoms with Crippen LogP contribution in [0.1, 0.15) is 5.76 Å². The summed E-state index contributed by atoms with van der Waals surface area (Å²) < 4.78 is 20.1. The second-order valence-corrected chi connectivity index (χ2v) is 8.04. The highest BCUT2D eigenvalue weighted by atomic mass is 16.5. The zero-order valence-electron chi connectivity index (χ0n) is 18.1. The summed E-state index contributed by atoms with van der Waals surface area (Å²) in [4.78, 5) is 24.9. The number of benzene rings is 1. The number of fused-ring (bicyclic) bond motifs is 3. The van der Waals surface area contributed by atoms with Crippen LogP contribution in [0.25, 0.3) is 39.7 Å².